The molecule has 1 aliphatic carbocycles. The lowest BCUT2D eigenvalue weighted by Gasteiger charge is -2.43. The minimum absolute atomic E-state index is 0.137. The molecule has 88 valence electrons. The minimum atomic E-state index is -1.42. The van der Waals surface area contributed by atoms with Crippen LogP contribution in [0.4, 0.5) is 0 Å². The zero-order chi connectivity index (χ0) is 11.5. The van der Waals surface area contributed by atoms with Gasteiger partial charge >= 0.3 is 5.97 Å². The van der Waals surface area contributed by atoms with E-state index in [0.717, 1.165) is 19.3 Å². The van der Waals surface area contributed by atoms with Crippen molar-refractivity contribution >= 4 is 5.97 Å². The first-order chi connectivity index (χ1) is 6.96. The monoisotopic (exact) mass is 215 g/mol. The van der Waals surface area contributed by atoms with Gasteiger partial charge in [0, 0.05) is 12.1 Å². The van der Waals surface area contributed by atoms with Crippen molar-refractivity contribution < 1.29 is 14.6 Å². The molecular weight excluding hydrogens is 194 g/mol. The zero-order valence-corrected chi connectivity index (χ0v) is 9.80. The molecule has 1 rings (SSSR count). The van der Waals surface area contributed by atoms with Gasteiger partial charge in [-0.25, -0.2) is 4.79 Å². The van der Waals surface area contributed by atoms with Crippen molar-refractivity contribution in [2.24, 2.45) is 0 Å². The summed E-state index contributed by atoms with van der Waals surface area (Å²) in [6.45, 7) is 3.86. The second-order valence-corrected chi connectivity index (χ2v) is 4.61. The third-order valence-corrected chi connectivity index (χ3v) is 3.42. The van der Waals surface area contributed by atoms with E-state index in [1.165, 1.54) is 20.5 Å². The predicted molar refractivity (Wildman–Crippen MR) is 57.5 cm³/mol. The Kier molecular flexibility index (Phi) is 3.73. The molecule has 0 aromatic rings. The molecule has 0 saturated heterocycles. The van der Waals surface area contributed by atoms with Gasteiger partial charge in [0.1, 0.15) is 0 Å². The molecule has 0 aliphatic heterocycles. The summed E-state index contributed by atoms with van der Waals surface area (Å²) in [5, 5.41) is 13.1. The Bertz CT molecular complexity index is 228. The number of hydrogen-bond donors (Lipinski definition) is 2. The van der Waals surface area contributed by atoms with Crippen LogP contribution < -0.4 is 5.32 Å². The van der Waals surface area contributed by atoms with Crippen LogP contribution in [-0.2, 0) is 9.53 Å². The van der Waals surface area contributed by atoms with Crippen LogP contribution in [0.3, 0.4) is 0 Å². The third-order valence-electron chi connectivity index (χ3n) is 3.42. The second-order valence-electron chi connectivity index (χ2n) is 4.61. The van der Waals surface area contributed by atoms with Gasteiger partial charge in [-0.2, -0.15) is 0 Å². The van der Waals surface area contributed by atoms with E-state index < -0.39 is 11.6 Å². The lowest BCUT2D eigenvalue weighted by Crippen LogP contribution is -2.57. The molecule has 4 nitrogen and oxygen atoms in total. The molecule has 4 heteroatoms. The van der Waals surface area contributed by atoms with Crippen molar-refractivity contribution in [3.63, 3.8) is 0 Å². The number of hydrogen-bond acceptors (Lipinski definition) is 4. The second kappa shape index (κ2) is 4.49. The molecule has 0 radical (unpaired) electrons. The fourth-order valence-electron chi connectivity index (χ4n) is 1.91. The van der Waals surface area contributed by atoms with E-state index in [0.29, 0.717) is 0 Å². The number of carbonyl (C=O) groups excluding carboxylic acids is 1. The number of rotatable bonds is 5. The molecule has 0 heterocycles. The van der Waals surface area contributed by atoms with E-state index in [1.807, 2.05) is 0 Å². The number of aliphatic hydroxyl groups is 1. The predicted octanol–water partition coefficient (Wildman–Crippen LogP) is 0.833. The Morgan fingerprint density at radius 1 is 1.60 bits per heavy atom. The quantitative estimate of drug-likeness (QED) is 0.667. The van der Waals surface area contributed by atoms with E-state index in [-0.39, 0.29) is 12.1 Å². The van der Waals surface area contributed by atoms with Gasteiger partial charge in [-0.15, -0.1) is 0 Å². The minimum Gasteiger partial charge on any atom is -0.467 e. The van der Waals surface area contributed by atoms with Gasteiger partial charge in [0.2, 0.25) is 0 Å². The molecule has 1 saturated carbocycles. The normalized spacial score (nSPS) is 22.7. The maximum absolute atomic E-state index is 11.2. The standard InChI is InChI=1S/C11H21NO3/c1-4-11(6-5-7-11)12-8-10(2,14)9(13)15-3/h12,14H,4-8H2,1-3H3. The molecular formula is C11H21NO3. The molecule has 1 atom stereocenters. The number of esters is 1. The van der Waals surface area contributed by atoms with Gasteiger partial charge in [-0.3, -0.25) is 0 Å². The molecule has 1 aliphatic rings. The zero-order valence-electron chi connectivity index (χ0n) is 9.80. The Balaban J connectivity index is 2.44. The Labute approximate surface area is 91.0 Å². The fourth-order valence-corrected chi connectivity index (χ4v) is 1.91. The molecule has 0 bridgehead atoms. The Hall–Kier alpha value is -0.610. The summed E-state index contributed by atoms with van der Waals surface area (Å²) < 4.78 is 4.54. The SMILES string of the molecule is CCC1(NCC(C)(O)C(=O)OC)CCC1. The molecule has 15 heavy (non-hydrogen) atoms. The van der Waals surface area contributed by atoms with Crippen LogP contribution in [-0.4, -0.2) is 35.9 Å². The average Bonchev–Trinajstić information content (AvgIpc) is 2.15. The van der Waals surface area contributed by atoms with Crippen LogP contribution in [0.15, 0.2) is 0 Å². The molecule has 0 aromatic heterocycles. The van der Waals surface area contributed by atoms with Gasteiger partial charge in [0.25, 0.3) is 0 Å². The topological polar surface area (TPSA) is 58.6 Å². The fraction of sp³-hybridized carbons (Fsp3) is 0.909. The lowest BCUT2D eigenvalue weighted by molar-refractivity contribution is -0.160. The first-order valence-electron chi connectivity index (χ1n) is 5.51. The third kappa shape index (κ3) is 2.69. The number of carbonyl (C=O) groups is 1. The molecule has 0 amide bonds. The van der Waals surface area contributed by atoms with Gasteiger partial charge < -0.3 is 15.2 Å². The Morgan fingerprint density at radius 3 is 2.53 bits per heavy atom. The highest BCUT2D eigenvalue weighted by Gasteiger charge is 2.39. The van der Waals surface area contributed by atoms with Crippen molar-refractivity contribution in [3.05, 3.63) is 0 Å². The highest BCUT2D eigenvalue weighted by molar-refractivity contribution is 5.78. The van der Waals surface area contributed by atoms with E-state index in [1.54, 1.807) is 0 Å². The number of nitrogens with one attached hydrogen (secondary N) is 1. The molecule has 0 aromatic carbocycles. The number of methoxy groups -OCH3 is 1. The van der Waals surface area contributed by atoms with Crippen molar-refractivity contribution in [2.45, 2.75) is 50.7 Å². The summed E-state index contributed by atoms with van der Waals surface area (Å²) in [5.41, 5.74) is -1.29. The largest absolute Gasteiger partial charge is 0.467 e. The van der Waals surface area contributed by atoms with Crippen molar-refractivity contribution in [1.29, 1.82) is 0 Å². The van der Waals surface area contributed by atoms with Crippen LogP contribution in [0.5, 0.6) is 0 Å². The van der Waals surface area contributed by atoms with Crippen LogP contribution >= 0.6 is 0 Å². The maximum atomic E-state index is 11.2. The maximum Gasteiger partial charge on any atom is 0.338 e. The number of ether oxygens (including phenoxy) is 1. The first kappa shape index (κ1) is 12.5. The van der Waals surface area contributed by atoms with Crippen molar-refractivity contribution in [2.75, 3.05) is 13.7 Å². The molecule has 1 fully saturated rings. The highest BCUT2D eigenvalue weighted by atomic mass is 16.5. The van der Waals surface area contributed by atoms with Crippen LogP contribution in [0.25, 0.3) is 0 Å². The van der Waals surface area contributed by atoms with Crippen molar-refractivity contribution in [3.8, 4) is 0 Å². The van der Waals surface area contributed by atoms with E-state index in [9.17, 15) is 9.90 Å². The summed E-state index contributed by atoms with van der Waals surface area (Å²) in [4.78, 5) is 11.2. The van der Waals surface area contributed by atoms with E-state index >= 15 is 0 Å². The van der Waals surface area contributed by atoms with E-state index in [2.05, 4.69) is 17.0 Å². The summed E-state index contributed by atoms with van der Waals surface area (Å²) in [5.74, 6) is -0.583. The van der Waals surface area contributed by atoms with Crippen LogP contribution in [0.1, 0.15) is 39.5 Å². The summed E-state index contributed by atoms with van der Waals surface area (Å²) in [6, 6.07) is 0. The average molecular weight is 215 g/mol. The van der Waals surface area contributed by atoms with Crippen LogP contribution in [0.2, 0.25) is 0 Å². The smallest absolute Gasteiger partial charge is 0.338 e. The summed E-state index contributed by atoms with van der Waals surface area (Å²) in [6.07, 6.45) is 4.51. The summed E-state index contributed by atoms with van der Waals surface area (Å²) in [7, 11) is 1.29. The first-order valence-corrected chi connectivity index (χ1v) is 5.51. The molecule has 2 N–H and O–H groups in total. The van der Waals surface area contributed by atoms with Crippen LogP contribution in [0, 0.1) is 0 Å². The lowest BCUT2D eigenvalue weighted by atomic mass is 9.74. The summed E-state index contributed by atoms with van der Waals surface area (Å²) >= 11 is 0. The van der Waals surface area contributed by atoms with Crippen molar-refractivity contribution in [1.82, 2.24) is 5.32 Å². The molecule has 1 unspecified atom stereocenters. The Morgan fingerprint density at radius 2 is 2.20 bits per heavy atom. The van der Waals surface area contributed by atoms with Gasteiger partial charge in [-0.1, -0.05) is 6.92 Å². The number of β-amino-alcohol motifs (C(OH)–C–C–N with tert-alkyl or cyclic N) is 1. The highest BCUT2D eigenvalue weighted by Crippen LogP contribution is 2.34. The molecule has 0 spiro atoms. The van der Waals surface area contributed by atoms with Gasteiger partial charge in [0.15, 0.2) is 5.60 Å². The van der Waals surface area contributed by atoms with Gasteiger partial charge in [-0.05, 0) is 32.6 Å². The van der Waals surface area contributed by atoms with E-state index in [4.69, 9.17) is 0 Å². The van der Waals surface area contributed by atoms with Gasteiger partial charge in [0.05, 0.1) is 7.11 Å².